The molecule has 0 N–H and O–H groups in total. The molecule has 224 valence electrons. The van der Waals surface area contributed by atoms with Gasteiger partial charge in [-0.25, -0.2) is 9.79 Å². The fourth-order valence-electron chi connectivity index (χ4n) is 5.74. The molecule has 5 rings (SSSR count). The van der Waals surface area contributed by atoms with Gasteiger partial charge in [-0.15, -0.1) is 0 Å². The van der Waals surface area contributed by atoms with Crippen LogP contribution in [-0.2, 0) is 9.53 Å². The van der Waals surface area contributed by atoms with E-state index in [2.05, 4.69) is 66.4 Å². The summed E-state index contributed by atoms with van der Waals surface area (Å²) in [5, 5.41) is 0. The largest absolute Gasteiger partial charge is 0.493 e. The summed E-state index contributed by atoms with van der Waals surface area (Å²) in [6.45, 7) is 12.0. The van der Waals surface area contributed by atoms with Crippen molar-refractivity contribution in [3.63, 3.8) is 0 Å². The topological polar surface area (TPSA) is 84.1 Å². The molecule has 0 spiro atoms. The molecule has 1 aliphatic heterocycles. The molecule has 10 heteroatoms. The number of benzene rings is 2. The molecule has 4 aromatic rings. The Hall–Kier alpha value is -3.89. The maximum Gasteiger partial charge on any atom is 0.338 e. The van der Waals surface area contributed by atoms with Gasteiger partial charge in [0.15, 0.2) is 16.3 Å². The summed E-state index contributed by atoms with van der Waals surface area (Å²) >= 11 is 4.96. The van der Waals surface area contributed by atoms with E-state index in [9.17, 15) is 9.59 Å². The number of para-hydroxylation sites is 1. The van der Waals surface area contributed by atoms with Crippen molar-refractivity contribution < 1.29 is 19.0 Å². The molecule has 2 aromatic heterocycles. The Morgan fingerprint density at radius 1 is 1.07 bits per heavy atom. The summed E-state index contributed by atoms with van der Waals surface area (Å²) in [7, 11) is 3.09. The second kappa shape index (κ2) is 12.0. The number of aryl methyl sites for hydroxylation is 3. The number of fused-ring (bicyclic) bond motifs is 1. The van der Waals surface area contributed by atoms with E-state index in [1.54, 1.807) is 31.6 Å². The minimum absolute atomic E-state index is 0.190. The second-order valence-electron chi connectivity index (χ2n) is 10.4. The number of methoxy groups -OCH3 is 2. The molecule has 1 unspecified atom stereocenters. The summed E-state index contributed by atoms with van der Waals surface area (Å²) in [6.07, 6.45) is 1.91. The molecule has 8 nitrogen and oxygen atoms in total. The fraction of sp³-hybridized carbons (Fsp3) is 0.303. The lowest BCUT2D eigenvalue weighted by molar-refractivity contribution is -0.139. The van der Waals surface area contributed by atoms with Crippen molar-refractivity contribution in [2.24, 2.45) is 4.99 Å². The van der Waals surface area contributed by atoms with Gasteiger partial charge in [0, 0.05) is 27.1 Å². The number of hydrogen-bond acceptors (Lipinski definition) is 7. The highest BCUT2D eigenvalue weighted by molar-refractivity contribution is 9.10. The third-order valence-electron chi connectivity index (χ3n) is 7.68. The van der Waals surface area contributed by atoms with Crippen LogP contribution in [0.15, 0.2) is 61.9 Å². The Morgan fingerprint density at radius 3 is 2.40 bits per heavy atom. The van der Waals surface area contributed by atoms with Crippen LogP contribution >= 0.6 is 27.3 Å². The molecular weight excluding hydrogens is 630 g/mol. The van der Waals surface area contributed by atoms with Crippen LogP contribution in [0.3, 0.4) is 0 Å². The molecule has 0 fully saturated rings. The normalized spacial score (nSPS) is 14.9. The van der Waals surface area contributed by atoms with Crippen molar-refractivity contribution in [2.45, 2.75) is 47.6 Å². The summed E-state index contributed by atoms with van der Waals surface area (Å²) in [4.78, 5) is 32.7. The van der Waals surface area contributed by atoms with E-state index in [1.165, 1.54) is 18.4 Å². The van der Waals surface area contributed by atoms with E-state index < -0.39 is 12.0 Å². The molecule has 1 aliphatic rings. The van der Waals surface area contributed by atoms with E-state index in [1.807, 2.05) is 18.2 Å². The Labute approximate surface area is 262 Å². The van der Waals surface area contributed by atoms with Gasteiger partial charge in [0.25, 0.3) is 5.56 Å². The summed E-state index contributed by atoms with van der Waals surface area (Å²) in [5.41, 5.74) is 7.48. The van der Waals surface area contributed by atoms with Crippen LogP contribution in [0.1, 0.15) is 53.5 Å². The number of rotatable bonds is 7. The fourth-order valence-corrected chi connectivity index (χ4v) is 7.00. The lowest BCUT2D eigenvalue weighted by Gasteiger charge is -2.26. The average molecular weight is 665 g/mol. The number of thiazole rings is 1. The summed E-state index contributed by atoms with van der Waals surface area (Å²) < 4.78 is 22.1. The highest BCUT2D eigenvalue weighted by Crippen LogP contribution is 2.40. The molecule has 2 aromatic carbocycles. The predicted molar refractivity (Wildman–Crippen MR) is 172 cm³/mol. The van der Waals surface area contributed by atoms with Gasteiger partial charge in [0.1, 0.15) is 6.04 Å². The number of nitrogens with zero attached hydrogens (tertiary/aromatic N) is 3. The van der Waals surface area contributed by atoms with Gasteiger partial charge >= 0.3 is 5.97 Å². The van der Waals surface area contributed by atoms with E-state index in [0.29, 0.717) is 32.1 Å². The van der Waals surface area contributed by atoms with Crippen molar-refractivity contribution in [1.29, 1.82) is 0 Å². The van der Waals surface area contributed by atoms with Gasteiger partial charge in [-0.2, -0.15) is 0 Å². The molecule has 43 heavy (non-hydrogen) atoms. The van der Waals surface area contributed by atoms with Crippen molar-refractivity contribution in [1.82, 2.24) is 9.13 Å². The number of ether oxygens (including phenoxy) is 3. The van der Waals surface area contributed by atoms with Gasteiger partial charge in [-0.3, -0.25) is 9.36 Å². The van der Waals surface area contributed by atoms with E-state index in [0.717, 1.165) is 38.2 Å². The first-order valence-electron chi connectivity index (χ1n) is 13.9. The molecule has 0 radical (unpaired) electrons. The SMILES string of the molecule is CCOC(=O)C1=C(C)N=c2sc(=Cc3cc(C)n(-c4cc(C)c(Br)c(C)c4)c3C)c(=O)n2C1c1cccc(OC)c1OC. The number of esters is 1. The Kier molecular flexibility index (Phi) is 8.54. The number of carbonyl (C=O) groups is 1. The zero-order valence-corrected chi connectivity index (χ0v) is 27.9. The summed E-state index contributed by atoms with van der Waals surface area (Å²) in [5.74, 6) is 0.395. The highest BCUT2D eigenvalue weighted by Gasteiger charge is 2.36. The second-order valence-corrected chi connectivity index (χ2v) is 12.2. The molecule has 1 atom stereocenters. The van der Waals surface area contributed by atoms with Crippen LogP contribution in [0.5, 0.6) is 11.5 Å². The average Bonchev–Trinajstić information content (AvgIpc) is 3.43. The van der Waals surface area contributed by atoms with Gasteiger partial charge in [-0.05, 0) is 88.6 Å². The quantitative estimate of drug-likeness (QED) is 0.240. The van der Waals surface area contributed by atoms with Gasteiger partial charge < -0.3 is 18.8 Å². The number of halogens is 1. The standard InChI is InChI=1S/C33H34BrN3O5S/c1-9-42-32(39)27-20(5)35-33-37(29(27)24-11-10-12-25(40-7)30(24)41-8)31(38)26(43-33)16-22-15-19(4)36(21(22)6)23-13-17(2)28(34)18(3)14-23/h10-16,29H,9H2,1-8H3. The van der Waals surface area contributed by atoms with Crippen LogP contribution in [0.2, 0.25) is 0 Å². The molecule has 0 amide bonds. The third kappa shape index (κ3) is 5.27. The Morgan fingerprint density at radius 2 is 1.77 bits per heavy atom. The highest BCUT2D eigenvalue weighted by atomic mass is 79.9. The van der Waals surface area contributed by atoms with Crippen molar-refractivity contribution in [3.8, 4) is 17.2 Å². The number of carbonyl (C=O) groups excluding carboxylic acids is 1. The van der Waals surface area contributed by atoms with Crippen LogP contribution in [-0.4, -0.2) is 35.9 Å². The van der Waals surface area contributed by atoms with Crippen molar-refractivity contribution >= 4 is 39.3 Å². The molecular formula is C33H34BrN3O5S. The van der Waals surface area contributed by atoms with Crippen molar-refractivity contribution in [2.75, 3.05) is 20.8 Å². The van der Waals surface area contributed by atoms with Gasteiger partial charge in [0.05, 0.1) is 36.6 Å². The Bertz CT molecular complexity index is 1960. The lowest BCUT2D eigenvalue weighted by Crippen LogP contribution is -2.40. The third-order valence-corrected chi connectivity index (χ3v) is 9.92. The first-order chi connectivity index (χ1) is 20.5. The monoisotopic (exact) mass is 663 g/mol. The Balaban J connectivity index is 1.73. The smallest absolute Gasteiger partial charge is 0.338 e. The minimum Gasteiger partial charge on any atom is -0.493 e. The van der Waals surface area contributed by atoms with E-state index in [4.69, 9.17) is 19.2 Å². The maximum atomic E-state index is 14.2. The minimum atomic E-state index is -0.816. The van der Waals surface area contributed by atoms with Crippen LogP contribution < -0.4 is 24.4 Å². The van der Waals surface area contributed by atoms with Crippen LogP contribution in [0.4, 0.5) is 0 Å². The molecule has 0 saturated carbocycles. The number of allylic oxidation sites excluding steroid dienone is 1. The van der Waals surface area contributed by atoms with Gasteiger partial charge in [-0.1, -0.05) is 39.4 Å². The first kappa shape index (κ1) is 30.6. The first-order valence-corrected chi connectivity index (χ1v) is 15.5. The number of aromatic nitrogens is 2. The van der Waals surface area contributed by atoms with Crippen LogP contribution in [0.25, 0.3) is 11.8 Å². The predicted octanol–water partition coefficient (Wildman–Crippen LogP) is 5.60. The molecule has 3 heterocycles. The molecule has 0 aliphatic carbocycles. The van der Waals surface area contributed by atoms with E-state index in [-0.39, 0.29) is 17.7 Å². The van der Waals surface area contributed by atoms with Gasteiger partial charge in [0.2, 0.25) is 0 Å². The maximum absolute atomic E-state index is 14.2. The zero-order chi connectivity index (χ0) is 31.2. The summed E-state index contributed by atoms with van der Waals surface area (Å²) in [6, 6.07) is 11.0. The lowest BCUT2D eigenvalue weighted by atomic mass is 9.94. The molecule has 0 saturated heterocycles. The van der Waals surface area contributed by atoms with Crippen molar-refractivity contribution in [3.05, 3.63) is 105 Å². The zero-order valence-electron chi connectivity index (χ0n) is 25.5. The molecule has 0 bridgehead atoms. The van der Waals surface area contributed by atoms with E-state index >= 15 is 0 Å². The number of hydrogen-bond donors (Lipinski definition) is 0. The van der Waals surface area contributed by atoms with Crippen LogP contribution in [0, 0.1) is 27.7 Å².